The van der Waals surface area contributed by atoms with Gasteiger partial charge in [0, 0.05) is 24.9 Å². The number of para-hydroxylation sites is 1. The van der Waals surface area contributed by atoms with Crippen LogP contribution in [0.2, 0.25) is 0 Å². The van der Waals surface area contributed by atoms with E-state index in [0.29, 0.717) is 11.0 Å². The second-order valence-electron chi connectivity index (χ2n) is 5.25. The van der Waals surface area contributed by atoms with Crippen molar-refractivity contribution in [1.82, 2.24) is 4.90 Å². The van der Waals surface area contributed by atoms with Crippen molar-refractivity contribution < 1.29 is 17.6 Å². The van der Waals surface area contributed by atoms with Crippen LogP contribution in [0.15, 0.2) is 39.5 Å². The number of hydrogen-bond donors (Lipinski definition) is 0. The van der Waals surface area contributed by atoms with Gasteiger partial charge in [0.05, 0.1) is 10.6 Å². The van der Waals surface area contributed by atoms with Gasteiger partial charge in [-0.25, -0.2) is 8.42 Å². The Morgan fingerprint density at radius 1 is 1.32 bits per heavy atom. The van der Waals surface area contributed by atoms with E-state index in [0.717, 1.165) is 6.07 Å². The summed E-state index contributed by atoms with van der Waals surface area (Å²) < 4.78 is 28.9. The van der Waals surface area contributed by atoms with Gasteiger partial charge in [-0.05, 0) is 12.1 Å². The number of amides is 1. The highest BCUT2D eigenvalue weighted by Crippen LogP contribution is 2.21. The first-order chi connectivity index (χ1) is 10.4. The molecule has 1 aromatic heterocycles. The lowest BCUT2D eigenvalue weighted by molar-refractivity contribution is 0.0626. The molecule has 7 heteroatoms. The van der Waals surface area contributed by atoms with Gasteiger partial charge < -0.3 is 9.32 Å². The third-order valence-electron chi connectivity index (χ3n) is 3.89. The van der Waals surface area contributed by atoms with Crippen molar-refractivity contribution >= 4 is 26.7 Å². The first-order valence-electron chi connectivity index (χ1n) is 6.96. The zero-order valence-electron chi connectivity index (χ0n) is 12.0. The Morgan fingerprint density at radius 2 is 2.00 bits per heavy atom. The number of sulfone groups is 1. The SMILES string of the molecule is CCS(=O)(=O)C1CN(C(=O)c2cc(=O)c3ccccc3o2)C1. The Balaban J connectivity index is 1.84. The summed E-state index contributed by atoms with van der Waals surface area (Å²) in [6.45, 7) is 1.87. The predicted octanol–water partition coefficient (Wildman–Crippen LogP) is 1.05. The van der Waals surface area contributed by atoms with E-state index in [4.69, 9.17) is 4.42 Å². The third-order valence-corrected chi connectivity index (χ3v) is 6.01. The van der Waals surface area contributed by atoms with Gasteiger partial charge in [-0.15, -0.1) is 0 Å². The molecule has 6 nitrogen and oxygen atoms in total. The molecule has 1 fully saturated rings. The molecule has 0 bridgehead atoms. The van der Waals surface area contributed by atoms with Crippen molar-refractivity contribution in [1.29, 1.82) is 0 Å². The molecule has 1 aliphatic heterocycles. The first-order valence-corrected chi connectivity index (χ1v) is 8.67. The van der Waals surface area contributed by atoms with Crippen LogP contribution in [0, 0.1) is 0 Å². The summed E-state index contributed by atoms with van der Waals surface area (Å²) in [7, 11) is -3.14. The number of hydrogen-bond acceptors (Lipinski definition) is 5. The summed E-state index contributed by atoms with van der Waals surface area (Å²) in [5.74, 6) is -0.452. The smallest absolute Gasteiger partial charge is 0.289 e. The van der Waals surface area contributed by atoms with Gasteiger partial charge in [0.1, 0.15) is 5.58 Å². The molecule has 0 unspecified atom stereocenters. The molecule has 2 heterocycles. The lowest BCUT2D eigenvalue weighted by Crippen LogP contribution is -2.57. The van der Waals surface area contributed by atoms with Gasteiger partial charge in [-0.3, -0.25) is 9.59 Å². The fourth-order valence-electron chi connectivity index (χ4n) is 2.43. The Morgan fingerprint density at radius 3 is 2.68 bits per heavy atom. The van der Waals surface area contributed by atoms with Gasteiger partial charge in [-0.2, -0.15) is 0 Å². The highest BCUT2D eigenvalue weighted by atomic mass is 32.2. The number of nitrogens with zero attached hydrogens (tertiary/aromatic N) is 1. The Bertz CT molecular complexity index is 894. The zero-order valence-corrected chi connectivity index (χ0v) is 12.8. The van der Waals surface area contributed by atoms with E-state index in [1.54, 1.807) is 31.2 Å². The van der Waals surface area contributed by atoms with Gasteiger partial charge in [-0.1, -0.05) is 19.1 Å². The largest absolute Gasteiger partial charge is 0.451 e. The summed E-state index contributed by atoms with van der Waals surface area (Å²) >= 11 is 0. The highest BCUT2D eigenvalue weighted by molar-refractivity contribution is 7.92. The molecule has 0 N–H and O–H groups in total. The lowest BCUT2D eigenvalue weighted by atomic mass is 10.1. The molecule has 116 valence electrons. The maximum atomic E-state index is 12.3. The van der Waals surface area contributed by atoms with E-state index >= 15 is 0 Å². The van der Waals surface area contributed by atoms with E-state index in [2.05, 4.69) is 0 Å². The van der Waals surface area contributed by atoms with Crippen molar-refractivity contribution in [3.05, 3.63) is 46.3 Å². The monoisotopic (exact) mass is 321 g/mol. The summed E-state index contributed by atoms with van der Waals surface area (Å²) in [5.41, 5.74) is 0.0556. The van der Waals surface area contributed by atoms with Crippen LogP contribution in [-0.2, 0) is 9.84 Å². The summed E-state index contributed by atoms with van der Waals surface area (Å²) in [6, 6.07) is 7.84. The second kappa shape index (κ2) is 5.24. The number of benzene rings is 1. The van der Waals surface area contributed by atoms with Crippen LogP contribution in [0.25, 0.3) is 11.0 Å². The van der Waals surface area contributed by atoms with Gasteiger partial charge in [0.25, 0.3) is 5.91 Å². The summed E-state index contributed by atoms with van der Waals surface area (Å²) in [4.78, 5) is 25.6. The molecular weight excluding hydrogens is 306 g/mol. The summed E-state index contributed by atoms with van der Waals surface area (Å²) in [5, 5.41) is -0.109. The van der Waals surface area contributed by atoms with Gasteiger partial charge in [0.2, 0.25) is 0 Å². The fourth-order valence-corrected chi connectivity index (χ4v) is 3.72. The quantitative estimate of drug-likeness (QED) is 0.843. The number of fused-ring (bicyclic) bond motifs is 1. The average molecular weight is 321 g/mol. The van der Waals surface area contributed by atoms with Crippen molar-refractivity contribution in [2.75, 3.05) is 18.8 Å². The van der Waals surface area contributed by atoms with Crippen molar-refractivity contribution in [2.45, 2.75) is 12.2 Å². The number of likely N-dealkylation sites (tertiary alicyclic amines) is 1. The molecule has 0 aliphatic carbocycles. The van der Waals surface area contributed by atoms with E-state index in [1.165, 1.54) is 4.90 Å². The molecule has 1 aromatic carbocycles. The maximum absolute atomic E-state index is 12.3. The van der Waals surface area contributed by atoms with E-state index in [-0.39, 0.29) is 30.0 Å². The molecule has 3 rings (SSSR count). The van der Waals surface area contributed by atoms with E-state index in [1.807, 2.05) is 0 Å². The molecule has 1 aliphatic rings. The highest BCUT2D eigenvalue weighted by Gasteiger charge is 2.39. The second-order valence-corrected chi connectivity index (χ2v) is 7.82. The van der Waals surface area contributed by atoms with Gasteiger partial charge >= 0.3 is 0 Å². The Labute approximate surface area is 127 Å². The lowest BCUT2D eigenvalue weighted by Gasteiger charge is -2.37. The predicted molar refractivity (Wildman–Crippen MR) is 81.6 cm³/mol. The van der Waals surface area contributed by atoms with E-state index < -0.39 is 21.0 Å². The molecule has 2 aromatic rings. The van der Waals surface area contributed by atoms with Crippen molar-refractivity contribution in [2.24, 2.45) is 0 Å². The molecule has 1 amide bonds. The minimum atomic E-state index is -3.14. The minimum Gasteiger partial charge on any atom is -0.451 e. The van der Waals surface area contributed by atoms with Crippen LogP contribution in [-0.4, -0.2) is 43.3 Å². The van der Waals surface area contributed by atoms with Crippen LogP contribution in [0.5, 0.6) is 0 Å². The minimum absolute atomic E-state index is 0.0592. The van der Waals surface area contributed by atoms with Crippen LogP contribution in [0.4, 0.5) is 0 Å². The maximum Gasteiger partial charge on any atom is 0.289 e. The molecular formula is C15H15NO5S. The third kappa shape index (κ3) is 2.41. The number of rotatable bonds is 3. The van der Waals surface area contributed by atoms with Crippen LogP contribution in [0.3, 0.4) is 0 Å². The molecule has 1 saturated heterocycles. The first kappa shape index (κ1) is 14.8. The van der Waals surface area contributed by atoms with Crippen LogP contribution in [0.1, 0.15) is 17.5 Å². The summed E-state index contributed by atoms with van der Waals surface area (Å²) in [6.07, 6.45) is 0. The van der Waals surface area contributed by atoms with Gasteiger partial charge in [0.15, 0.2) is 21.0 Å². The number of carbonyl (C=O) groups is 1. The molecule has 0 saturated carbocycles. The van der Waals surface area contributed by atoms with E-state index in [9.17, 15) is 18.0 Å². The molecule has 0 spiro atoms. The molecule has 0 radical (unpaired) electrons. The molecule has 0 atom stereocenters. The Hall–Kier alpha value is -2.15. The Kier molecular flexibility index (Phi) is 3.52. The standard InChI is InChI=1S/C15H15NO5S/c1-2-22(19,20)10-8-16(9-10)15(18)14-7-12(17)11-5-3-4-6-13(11)21-14/h3-7,10H,2,8-9H2,1H3. The van der Waals surface area contributed by atoms with Crippen LogP contribution >= 0.6 is 0 Å². The topological polar surface area (TPSA) is 84.7 Å². The number of carbonyl (C=O) groups excluding carboxylic acids is 1. The zero-order chi connectivity index (χ0) is 15.9. The normalized spacial score (nSPS) is 15.8. The average Bonchev–Trinajstić information content (AvgIpc) is 2.45. The van der Waals surface area contributed by atoms with Crippen molar-refractivity contribution in [3.63, 3.8) is 0 Å². The van der Waals surface area contributed by atoms with Crippen molar-refractivity contribution in [3.8, 4) is 0 Å². The fraction of sp³-hybridized carbons (Fsp3) is 0.333. The molecule has 22 heavy (non-hydrogen) atoms. The van der Waals surface area contributed by atoms with Crippen LogP contribution < -0.4 is 5.43 Å².